The van der Waals surface area contributed by atoms with Crippen LogP contribution < -0.4 is 0 Å². The topological polar surface area (TPSA) is 112 Å². The predicted molar refractivity (Wildman–Crippen MR) is 164 cm³/mol. The summed E-state index contributed by atoms with van der Waals surface area (Å²) < 4.78 is 0.632. The quantitative estimate of drug-likeness (QED) is 0.0438. The van der Waals surface area contributed by atoms with E-state index in [9.17, 15) is 14.4 Å². The first-order valence-electron chi connectivity index (χ1n) is 16.5. The zero-order valence-electron chi connectivity index (χ0n) is 25.8. The van der Waals surface area contributed by atoms with E-state index in [1.165, 1.54) is 77.0 Å². The zero-order valence-corrected chi connectivity index (χ0v) is 25.8. The Morgan fingerprint density at radius 2 is 0.750 bits per heavy atom. The van der Waals surface area contributed by atoms with Crippen molar-refractivity contribution >= 4 is 17.9 Å². The van der Waals surface area contributed by atoms with Crippen LogP contribution >= 0.6 is 0 Å². The highest BCUT2D eigenvalue weighted by atomic mass is 16.4. The van der Waals surface area contributed by atoms with Crippen molar-refractivity contribution in [3.8, 4) is 0 Å². The number of carbonyl (C=O) groups is 3. The first-order valence-corrected chi connectivity index (χ1v) is 16.5. The summed E-state index contributed by atoms with van der Waals surface area (Å²) in [5.41, 5.74) is 0. The van der Waals surface area contributed by atoms with Gasteiger partial charge in [-0.3, -0.25) is 14.4 Å². The molecular formula is C33H62NO6+. The second kappa shape index (κ2) is 27.3. The SMILES string of the molecule is CCCCCCCCCCCCC/C=C/CCCCCC[N+](CCCC(=O)O)(CCCC(=O)O)CCCC(=O)O. The number of aliphatic carboxylic acids is 3. The van der Waals surface area contributed by atoms with E-state index in [-0.39, 0.29) is 19.3 Å². The number of hydrogen-bond donors (Lipinski definition) is 3. The molecule has 0 fully saturated rings. The summed E-state index contributed by atoms with van der Waals surface area (Å²) in [4.78, 5) is 33.2. The molecule has 0 saturated carbocycles. The third-order valence-corrected chi connectivity index (χ3v) is 7.96. The van der Waals surface area contributed by atoms with Crippen LogP contribution in [0, 0.1) is 0 Å². The van der Waals surface area contributed by atoms with Gasteiger partial charge in [0.25, 0.3) is 0 Å². The molecule has 3 N–H and O–H groups in total. The second-order valence-corrected chi connectivity index (χ2v) is 11.7. The van der Waals surface area contributed by atoms with Crippen LogP contribution in [0.3, 0.4) is 0 Å². The Bertz CT molecular complexity index is 613. The number of carboxylic acid groups (broad SMARTS) is 3. The molecule has 0 radical (unpaired) electrons. The molecule has 0 spiro atoms. The number of hydrogen-bond acceptors (Lipinski definition) is 3. The Morgan fingerprint density at radius 3 is 1.10 bits per heavy atom. The van der Waals surface area contributed by atoms with Gasteiger partial charge in [0.15, 0.2) is 0 Å². The van der Waals surface area contributed by atoms with Crippen LogP contribution in [0.15, 0.2) is 12.2 Å². The fourth-order valence-corrected chi connectivity index (χ4v) is 5.59. The number of allylic oxidation sites excluding steroid dienone is 2. The van der Waals surface area contributed by atoms with Crippen LogP contribution in [0.4, 0.5) is 0 Å². The van der Waals surface area contributed by atoms with E-state index >= 15 is 0 Å². The maximum Gasteiger partial charge on any atom is 0.303 e. The summed E-state index contributed by atoms with van der Waals surface area (Å²) in [5, 5.41) is 27.3. The lowest BCUT2D eigenvalue weighted by atomic mass is 10.0. The molecule has 234 valence electrons. The molecule has 0 heterocycles. The van der Waals surface area contributed by atoms with Gasteiger partial charge in [-0.2, -0.15) is 0 Å². The van der Waals surface area contributed by atoms with Crippen LogP contribution in [0.25, 0.3) is 0 Å². The van der Waals surface area contributed by atoms with Gasteiger partial charge in [0.2, 0.25) is 0 Å². The van der Waals surface area contributed by atoms with Crippen LogP contribution in [0.1, 0.15) is 155 Å². The lowest BCUT2D eigenvalue weighted by Crippen LogP contribution is -2.51. The minimum atomic E-state index is -0.828. The average Bonchev–Trinajstić information content (AvgIpc) is 2.89. The van der Waals surface area contributed by atoms with Gasteiger partial charge in [0.1, 0.15) is 0 Å². The number of carboxylic acids is 3. The van der Waals surface area contributed by atoms with E-state index < -0.39 is 17.9 Å². The van der Waals surface area contributed by atoms with E-state index in [1.54, 1.807) is 0 Å². The van der Waals surface area contributed by atoms with Crippen molar-refractivity contribution in [2.45, 2.75) is 155 Å². The van der Waals surface area contributed by atoms with Crippen LogP contribution in [-0.4, -0.2) is 63.9 Å². The molecule has 0 unspecified atom stereocenters. The Kier molecular flexibility index (Phi) is 26.0. The minimum absolute atomic E-state index is 0.0867. The summed E-state index contributed by atoms with van der Waals surface area (Å²) in [5.74, 6) is -2.48. The first-order chi connectivity index (χ1) is 19.3. The Labute approximate surface area is 245 Å². The molecule has 40 heavy (non-hydrogen) atoms. The maximum atomic E-state index is 11.1. The third kappa shape index (κ3) is 26.3. The van der Waals surface area contributed by atoms with Crippen molar-refractivity contribution in [2.75, 3.05) is 26.2 Å². The first kappa shape index (κ1) is 38.1. The van der Waals surface area contributed by atoms with Crippen molar-refractivity contribution in [1.82, 2.24) is 0 Å². The molecule has 0 amide bonds. The molecular weight excluding hydrogens is 506 g/mol. The van der Waals surface area contributed by atoms with E-state index in [0.29, 0.717) is 43.4 Å². The lowest BCUT2D eigenvalue weighted by Gasteiger charge is -2.39. The monoisotopic (exact) mass is 568 g/mol. The smallest absolute Gasteiger partial charge is 0.303 e. The maximum absolute atomic E-state index is 11.1. The van der Waals surface area contributed by atoms with Gasteiger partial charge in [-0.15, -0.1) is 0 Å². The van der Waals surface area contributed by atoms with E-state index in [1.807, 2.05) is 0 Å². The zero-order chi connectivity index (χ0) is 29.7. The Hall–Kier alpha value is -1.89. The standard InChI is InChI=1S/C33H61NO6/c1-2-3-4-5-6-7-8-9-10-11-12-13-14-15-16-17-18-19-20-27-34(28-21-24-31(35)36,29-22-25-32(37)38)30-23-26-33(39)40/h14-15H,2-13,16-30H2,1H3,(H2-,35,36,37,38,39,40)/p+1/b15-14+. The van der Waals surface area contributed by atoms with Crippen LogP contribution in [0.2, 0.25) is 0 Å². The van der Waals surface area contributed by atoms with Gasteiger partial charge in [-0.1, -0.05) is 89.7 Å². The summed E-state index contributed by atoms with van der Waals surface area (Å²) in [6.45, 7) is 5.10. The van der Waals surface area contributed by atoms with Gasteiger partial charge in [-0.25, -0.2) is 0 Å². The van der Waals surface area contributed by atoms with Crippen molar-refractivity contribution in [3.63, 3.8) is 0 Å². The lowest BCUT2D eigenvalue weighted by molar-refractivity contribution is -0.929. The van der Waals surface area contributed by atoms with Crippen LogP contribution in [-0.2, 0) is 14.4 Å². The number of unbranched alkanes of at least 4 members (excludes halogenated alkanes) is 15. The van der Waals surface area contributed by atoms with Gasteiger partial charge in [0.05, 0.1) is 45.4 Å². The molecule has 0 aromatic heterocycles. The molecule has 7 heteroatoms. The fourth-order valence-electron chi connectivity index (χ4n) is 5.59. The summed E-state index contributed by atoms with van der Waals surface area (Å²) in [6.07, 6.45) is 28.3. The minimum Gasteiger partial charge on any atom is -0.481 e. The van der Waals surface area contributed by atoms with Gasteiger partial charge < -0.3 is 19.8 Å². The summed E-state index contributed by atoms with van der Waals surface area (Å²) >= 11 is 0. The molecule has 0 aromatic rings. The molecule has 7 nitrogen and oxygen atoms in total. The van der Waals surface area contributed by atoms with E-state index in [0.717, 1.165) is 38.6 Å². The van der Waals surface area contributed by atoms with Crippen molar-refractivity contribution in [1.29, 1.82) is 0 Å². The molecule has 0 aliphatic carbocycles. The molecule has 0 atom stereocenters. The molecule has 0 aliphatic rings. The normalized spacial score (nSPS) is 11.8. The second-order valence-electron chi connectivity index (χ2n) is 11.7. The van der Waals surface area contributed by atoms with Crippen molar-refractivity contribution < 1.29 is 34.2 Å². The molecule has 0 aliphatic heterocycles. The number of rotatable bonds is 31. The number of quaternary nitrogens is 1. The highest BCUT2D eigenvalue weighted by Gasteiger charge is 2.27. The number of nitrogens with zero attached hydrogens (tertiary/aromatic N) is 1. The highest BCUT2D eigenvalue weighted by molar-refractivity contribution is 5.67. The largest absolute Gasteiger partial charge is 0.481 e. The van der Waals surface area contributed by atoms with Crippen LogP contribution in [0.5, 0.6) is 0 Å². The van der Waals surface area contributed by atoms with E-state index in [2.05, 4.69) is 19.1 Å². The summed E-state index contributed by atoms with van der Waals surface area (Å²) in [6, 6.07) is 0. The van der Waals surface area contributed by atoms with Crippen molar-refractivity contribution in [3.05, 3.63) is 12.2 Å². The van der Waals surface area contributed by atoms with Gasteiger partial charge >= 0.3 is 17.9 Å². The van der Waals surface area contributed by atoms with Gasteiger partial charge in [-0.05, 0) is 38.5 Å². The fraction of sp³-hybridized carbons (Fsp3) is 0.848. The highest BCUT2D eigenvalue weighted by Crippen LogP contribution is 2.18. The third-order valence-electron chi connectivity index (χ3n) is 7.96. The van der Waals surface area contributed by atoms with E-state index in [4.69, 9.17) is 15.3 Å². The Morgan fingerprint density at radius 1 is 0.450 bits per heavy atom. The molecule has 0 bridgehead atoms. The summed E-state index contributed by atoms with van der Waals surface area (Å²) in [7, 11) is 0. The molecule has 0 rings (SSSR count). The van der Waals surface area contributed by atoms with Crippen molar-refractivity contribution in [2.24, 2.45) is 0 Å². The molecule has 0 saturated heterocycles. The van der Waals surface area contributed by atoms with Gasteiger partial charge in [0, 0.05) is 19.3 Å². The molecule has 0 aromatic carbocycles. The predicted octanol–water partition coefficient (Wildman–Crippen LogP) is 8.61. The average molecular weight is 569 g/mol. The Balaban J connectivity index is 4.17.